The number of likely N-dealkylation sites (tertiary alicyclic amines) is 1. The number of nitrogens with zero attached hydrogens (tertiary/aromatic N) is 2. The third kappa shape index (κ3) is 4.44. The Morgan fingerprint density at radius 2 is 1.79 bits per heavy atom. The number of thiazole rings is 1. The Morgan fingerprint density at radius 1 is 1.03 bits per heavy atom. The van der Waals surface area contributed by atoms with E-state index < -0.39 is 17.1 Å². The number of aromatic nitrogens is 1. The topological polar surface area (TPSA) is 99.8 Å². The fraction of sp³-hybridized carbons (Fsp3) is 0.333. The molecule has 3 aliphatic heterocycles. The molecule has 0 radical (unpaired) electrons. The number of halogens is 1. The van der Waals surface area contributed by atoms with Crippen molar-refractivity contribution in [3.8, 4) is 5.75 Å². The highest BCUT2D eigenvalue weighted by Crippen LogP contribution is 2.54. The fourth-order valence-corrected chi connectivity index (χ4v) is 8.14. The van der Waals surface area contributed by atoms with Gasteiger partial charge in [0, 0.05) is 34.5 Å². The number of anilines is 1. The van der Waals surface area contributed by atoms with Crippen molar-refractivity contribution in [2.45, 2.75) is 35.5 Å². The lowest BCUT2D eigenvalue weighted by atomic mass is 9.82. The van der Waals surface area contributed by atoms with E-state index in [2.05, 4.69) is 4.98 Å². The van der Waals surface area contributed by atoms with Crippen molar-refractivity contribution in [2.24, 2.45) is 5.92 Å². The zero-order valence-electron chi connectivity index (χ0n) is 20.2. The van der Waals surface area contributed by atoms with E-state index in [1.807, 2.05) is 6.07 Å². The first kappa shape index (κ1) is 25.2. The van der Waals surface area contributed by atoms with Gasteiger partial charge in [0.05, 0.1) is 16.6 Å². The quantitative estimate of drug-likeness (QED) is 0.461. The zero-order chi connectivity index (χ0) is 26.4. The minimum Gasteiger partial charge on any atom is -0.483 e. The number of imide groups is 1. The number of rotatable bonds is 5. The van der Waals surface area contributed by atoms with Crippen molar-refractivity contribution in [3.63, 3.8) is 0 Å². The molecule has 3 amide bonds. The largest absolute Gasteiger partial charge is 0.483 e. The van der Waals surface area contributed by atoms with Crippen LogP contribution in [0.1, 0.15) is 35.6 Å². The number of amides is 3. The van der Waals surface area contributed by atoms with Crippen LogP contribution in [0.4, 0.5) is 5.69 Å². The van der Waals surface area contributed by atoms with Crippen LogP contribution in [0, 0.1) is 5.92 Å². The number of nitrogens with one attached hydrogen (secondary N) is 1. The molecule has 0 aliphatic carbocycles. The first-order valence-corrected chi connectivity index (χ1v) is 14.5. The Bertz CT molecular complexity index is 1470. The van der Waals surface area contributed by atoms with Crippen LogP contribution in [0.15, 0.2) is 58.4 Å². The van der Waals surface area contributed by atoms with E-state index in [4.69, 9.17) is 16.3 Å². The number of hydrogen-bond donors (Lipinski definition) is 1. The molecule has 0 spiro atoms. The van der Waals surface area contributed by atoms with Crippen molar-refractivity contribution in [3.05, 3.63) is 73.7 Å². The molecule has 1 aromatic heterocycles. The molecule has 0 saturated carbocycles. The Labute approximate surface area is 231 Å². The van der Waals surface area contributed by atoms with Crippen LogP contribution in [-0.2, 0) is 14.4 Å². The number of carbonyl (C=O) groups excluding carboxylic acids is 3. The Hall–Kier alpha value is -3.08. The number of para-hydroxylation sites is 1. The molecular weight excluding hydrogens is 546 g/mol. The van der Waals surface area contributed by atoms with Gasteiger partial charge in [0.1, 0.15) is 11.0 Å². The van der Waals surface area contributed by atoms with Crippen molar-refractivity contribution in [1.82, 2.24) is 9.88 Å². The normalized spacial score (nSPS) is 22.8. The smallest absolute Gasteiger partial charge is 0.305 e. The number of thioether (sulfide) groups is 1. The van der Waals surface area contributed by atoms with Gasteiger partial charge in [-0.3, -0.25) is 19.2 Å². The Balaban J connectivity index is 1.39. The standard InChI is InChI=1S/C27H24ClN3O5S2/c28-15-9-10-18(36-14-19(32)30-11-5-2-6-12-30)17(13-15)20-21-23(37-24-22(20)38-27(35)29-24)26(34)31(25(21)33)16-7-3-1-4-8-16/h1,3-4,7-10,13,20-21,23H,2,5-6,11-12,14H2,(H,29,35)/t20-,21?,23?/m1/s1. The lowest BCUT2D eigenvalue weighted by Gasteiger charge is -2.31. The van der Waals surface area contributed by atoms with Gasteiger partial charge in [0.25, 0.3) is 5.91 Å². The first-order chi connectivity index (χ1) is 18.4. The maximum atomic E-state index is 13.9. The molecule has 8 nitrogen and oxygen atoms in total. The van der Waals surface area contributed by atoms with Crippen molar-refractivity contribution < 1.29 is 19.1 Å². The van der Waals surface area contributed by atoms with Crippen LogP contribution < -0.4 is 14.5 Å². The highest BCUT2D eigenvalue weighted by atomic mass is 35.5. The zero-order valence-corrected chi connectivity index (χ0v) is 22.6. The van der Waals surface area contributed by atoms with Crippen molar-refractivity contribution in [1.29, 1.82) is 0 Å². The highest BCUT2D eigenvalue weighted by Gasteiger charge is 2.56. The highest BCUT2D eigenvalue weighted by molar-refractivity contribution is 8.00. The second-order valence-electron chi connectivity index (χ2n) is 9.51. The van der Waals surface area contributed by atoms with E-state index in [0.717, 1.165) is 30.6 Å². The van der Waals surface area contributed by atoms with Crippen LogP contribution in [0.5, 0.6) is 5.75 Å². The third-order valence-corrected chi connectivity index (χ3v) is 9.84. The molecule has 3 aliphatic rings. The van der Waals surface area contributed by atoms with Crippen LogP contribution in [0.25, 0.3) is 0 Å². The number of carbonyl (C=O) groups is 3. The third-order valence-electron chi connectivity index (χ3n) is 7.21. The lowest BCUT2D eigenvalue weighted by molar-refractivity contribution is -0.134. The summed E-state index contributed by atoms with van der Waals surface area (Å²) in [4.78, 5) is 59.0. The number of hydrogen-bond acceptors (Lipinski definition) is 7. The molecule has 3 aromatic rings. The second kappa shape index (κ2) is 10.2. The predicted molar refractivity (Wildman–Crippen MR) is 146 cm³/mol. The van der Waals surface area contributed by atoms with Gasteiger partial charge in [-0.1, -0.05) is 52.9 Å². The van der Waals surface area contributed by atoms with Gasteiger partial charge in [0.2, 0.25) is 11.8 Å². The van der Waals surface area contributed by atoms with Crippen molar-refractivity contribution >= 4 is 58.1 Å². The minimum atomic E-state index is -0.773. The molecule has 38 heavy (non-hydrogen) atoms. The molecule has 2 saturated heterocycles. The molecule has 2 fully saturated rings. The van der Waals surface area contributed by atoms with Gasteiger partial charge in [0.15, 0.2) is 6.61 Å². The molecule has 11 heteroatoms. The average Bonchev–Trinajstić information content (AvgIpc) is 3.42. The van der Waals surface area contributed by atoms with Crippen LogP contribution in [0.3, 0.4) is 0 Å². The molecule has 196 valence electrons. The van der Waals surface area contributed by atoms with Gasteiger partial charge in [-0.25, -0.2) is 4.90 Å². The minimum absolute atomic E-state index is 0.1000. The lowest BCUT2D eigenvalue weighted by Crippen LogP contribution is -2.38. The maximum Gasteiger partial charge on any atom is 0.305 e. The summed E-state index contributed by atoms with van der Waals surface area (Å²) in [5.74, 6) is -1.79. The van der Waals surface area contributed by atoms with Crippen LogP contribution >= 0.6 is 34.7 Å². The average molecular weight is 570 g/mol. The molecule has 2 unspecified atom stereocenters. The molecule has 6 rings (SSSR count). The number of piperidine rings is 1. The fourth-order valence-electron chi connectivity index (χ4n) is 5.45. The molecule has 3 atom stereocenters. The molecular formula is C27H24ClN3O5S2. The molecule has 1 N–H and O–H groups in total. The number of ether oxygens (including phenoxy) is 1. The van der Waals surface area contributed by atoms with E-state index in [1.165, 1.54) is 16.7 Å². The molecule has 0 bridgehead atoms. The maximum absolute atomic E-state index is 13.9. The summed E-state index contributed by atoms with van der Waals surface area (Å²) < 4.78 is 6.05. The molecule has 2 aromatic carbocycles. The van der Waals surface area contributed by atoms with E-state index in [9.17, 15) is 19.2 Å². The van der Waals surface area contributed by atoms with E-state index in [-0.39, 0.29) is 29.2 Å². The van der Waals surface area contributed by atoms with Crippen molar-refractivity contribution in [2.75, 3.05) is 24.6 Å². The van der Waals surface area contributed by atoms with E-state index >= 15 is 0 Å². The van der Waals surface area contributed by atoms with E-state index in [1.54, 1.807) is 47.4 Å². The van der Waals surface area contributed by atoms with E-state index in [0.29, 0.717) is 45.0 Å². The SMILES string of the molecule is O=C(COc1ccc(Cl)cc1[C@H]1c2sc(=O)[nH]c2SC2C(=O)N(c3ccccc3)C(=O)C21)N1CCCCC1. The molecule has 4 heterocycles. The van der Waals surface area contributed by atoms with Gasteiger partial charge >= 0.3 is 4.87 Å². The summed E-state index contributed by atoms with van der Waals surface area (Å²) in [7, 11) is 0. The van der Waals surface area contributed by atoms with Gasteiger partial charge in [-0.15, -0.1) is 0 Å². The first-order valence-electron chi connectivity index (χ1n) is 12.4. The Morgan fingerprint density at radius 3 is 2.55 bits per heavy atom. The summed E-state index contributed by atoms with van der Waals surface area (Å²) in [6, 6.07) is 13.9. The number of fused-ring (bicyclic) bond motifs is 2. The van der Waals surface area contributed by atoms with Crippen LogP contribution in [0.2, 0.25) is 5.02 Å². The summed E-state index contributed by atoms with van der Waals surface area (Å²) >= 11 is 8.65. The van der Waals surface area contributed by atoms with Crippen LogP contribution in [-0.4, -0.2) is 52.6 Å². The summed E-state index contributed by atoms with van der Waals surface area (Å²) in [6.07, 6.45) is 3.07. The second-order valence-corrected chi connectivity index (χ2v) is 12.1. The van der Waals surface area contributed by atoms with Gasteiger partial charge < -0.3 is 14.6 Å². The predicted octanol–water partition coefficient (Wildman–Crippen LogP) is 4.28. The summed E-state index contributed by atoms with van der Waals surface area (Å²) in [5, 5.41) is 0.260. The number of H-pyrrole nitrogens is 1. The summed E-state index contributed by atoms with van der Waals surface area (Å²) in [5.41, 5.74) is 1.08. The number of aromatic amines is 1. The monoisotopic (exact) mass is 569 g/mol. The van der Waals surface area contributed by atoms with Gasteiger partial charge in [-0.05, 0) is 49.6 Å². The summed E-state index contributed by atoms with van der Waals surface area (Å²) in [6.45, 7) is 1.28. The Kier molecular flexibility index (Phi) is 6.79. The number of benzene rings is 2. The van der Waals surface area contributed by atoms with Gasteiger partial charge in [-0.2, -0.15) is 0 Å².